The van der Waals surface area contributed by atoms with Gasteiger partial charge in [-0.2, -0.15) is 0 Å². The van der Waals surface area contributed by atoms with Crippen molar-refractivity contribution in [2.24, 2.45) is 0 Å². The second kappa shape index (κ2) is 11.2. The van der Waals surface area contributed by atoms with Gasteiger partial charge >= 0.3 is 0 Å². The molecule has 2 aromatic carbocycles. The second-order valence-corrected chi connectivity index (χ2v) is 12.0. The molecule has 35 heavy (non-hydrogen) atoms. The summed E-state index contributed by atoms with van der Waals surface area (Å²) in [5.41, 5.74) is 3.01. The first-order valence-corrected chi connectivity index (χ1v) is 14.8. The van der Waals surface area contributed by atoms with Crippen molar-refractivity contribution in [3.8, 4) is 17.2 Å². The van der Waals surface area contributed by atoms with E-state index < -0.39 is 9.84 Å². The Hall–Kier alpha value is -2.30. The van der Waals surface area contributed by atoms with Crippen LogP contribution in [0.25, 0.3) is 0 Å². The van der Waals surface area contributed by atoms with Crippen LogP contribution in [0.4, 0.5) is 5.13 Å². The molecule has 0 atom stereocenters. The fraction of sp³-hybridized carbons (Fsp3) is 0.400. The van der Waals surface area contributed by atoms with E-state index in [4.69, 9.17) is 19.2 Å². The molecule has 1 aliphatic heterocycles. The molecule has 0 amide bonds. The monoisotopic (exact) mass is 580 g/mol. The first-order valence-electron chi connectivity index (χ1n) is 11.3. The number of halogens is 1. The minimum absolute atomic E-state index is 0.368. The van der Waals surface area contributed by atoms with Gasteiger partial charge in [-0.1, -0.05) is 28.1 Å². The Kier molecular flexibility index (Phi) is 8.23. The van der Waals surface area contributed by atoms with Crippen LogP contribution < -0.4 is 19.1 Å². The minimum atomic E-state index is -3.34. The summed E-state index contributed by atoms with van der Waals surface area (Å²) in [4.78, 5) is 7.41. The predicted molar refractivity (Wildman–Crippen MR) is 143 cm³/mol. The van der Waals surface area contributed by atoms with Crippen molar-refractivity contribution >= 4 is 42.2 Å². The van der Waals surface area contributed by atoms with E-state index in [0.717, 1.165) is 22.0 Å². The number of nitrogens with zero attached hydrogens (tertiary/aromatic N) is 2. The van der Waals surface area contributed by atoms with E-state index in [1.807, 2.05) is 29.6 Å². The van der Waals surface area contributed by atoms with Gasteiger partial charge in [-0.3, -0.25) is 0 Å². The number of sulfone groups is 1. The van der Waals surface area contributed by atoms with Gasteiger partial charge in [0.1, 0.15) is 0 Å². The topological polar surface area (TPSA) is 78.0 Å². The highest BCUT2D eigenvalue weighted by atomic mass is 79.9. The zero-order chi connectivity index (χ0) is 25.0. The van der Waals surface area contributed by atoms with E-state index in [1.54, 1.807) is 44.8 Å². The van der Waals surface area contributed by atoms with Gasteiger partial charge in [-0.05, 0) is 48.2 Å². The molecule has 0 unspecified atom stereocenters. The third-order valence-electron chi connectivity index (χ3n) is 6.21. The third-order valence-corrected chi connectivity index (χ3v) is 10.1. The Morgan fingerprint density at radius 1 is 1.00 bits per heavy atom. The molecule has 1 aliphatic rings. The molecule has 1 aromatic heterocycles. The van der Waals surface area contributed by atoms with Crippen LogP contribution in [0.1, 0.15) is 29.7 Å². The molecule has 0 aliphatic carbocycles. The molecule has 0 saturated carbocycles. The molecule has 1 saturated heterocycles. The number of ether oxygens (including phenoxy) is 3. The highest BCUT2D eigenvalue weighted by molar-refractivity contribution is 9.08. The smallest absolute Gasteiger partial charge is 0.203 e. The minimum Gasteiger partial charge on any atom is -0.493 e. The molecule has 4 rings (SSSR count). The lowest BCUT2D eigenvalue weighted by atomic mass is 10.1. The molecule has 1 fully saturated rings. The van der Waals surface area contributed by atoms with Crippen LogP contribution in [0.5, 0.6) is 17.2 Å². The molecule has 2 heterocycles. The van der Waals surface area contributed by atoms with E-state index in [-0.39, 0.29) is 5.25 Å². The fourth-order valence-electron chi connectivity index (χ4n) is 4.29. The van der Waals surface area contributed by atoms with E-state index in [9.17, 15) is 8.42 Å². The lowest BCUT2D eigenvalue weighted by Gasteiger charge is -2.31. The number of rotatable bonds is 9. The van der Waals surface area contributed by atoms with Crippen molar-refractivity contribution in [3.63, 3.8) is 0 Å². The third kappa shape index (κ3) is 5.59. The highest BCUT2D eigenvalue weighted by Crippen LogP contribution is 2.39. The molecule has 0 bridgehead atoms. The number of hydrogen-bond donors (Lipinski definition) is 0. The molecule has 0 radical (unpaired) electrons. The Morgan fingerprint density at radius 3 is 2.17 bits per heavy atom. The molecular weight excluding hydrogens is 552 g/mol. The Labute approximate surface area is 219 Å². The van der Waals surface area contributed by atoms with Crippen molar-refractivity contribution in [2.75, 3.05) is 39.3 Å². The number of hydrogen-bond acceptors (Lipinski definition) is 8. The van der Waals surface area contributed by atoms with E-state index >= 15 is 0 Å². The Balaban J connectivity index is 1.41. The van der Waals surface area contributed by atoms with Crippen LogP contribution in [0, 0.1) is 0 Å². The van der Waals surface area contributed by atoms with Gasteiger partial charge in [0.2, 0.25) is 5.75 Å². The summed E-state index contributed by atoms with van der Waals surface area (Å²) in [6.07, 6.45) is 1.80. The molecule has 188 valence electrons. The van der Waals surface area contributed by atoms with Crippen molar-refractivity contribution in [1.29, 1.82) is 0 Å². The number of aromatic nitrogens is 1. The quantitative estimate of drug-likeness (QED) is 0.326. The first kappa shape index (κ1) is 25.8. The van der Waals surface area contributed by atoms with Gasteiger partial charge in [0.15, 0.2) is 26.5 Å². The summed E-state index contributed by atoms with van der Waals surface area (Å²) in [5, 5.41) is 3.31. The summed E-state index contributed by atoms with van der Waals surface area (Å²) in [7, 11) is 1.45. The first-order chi connectivity index (χ1) is 16.9. The lowest BCUT2D eigenvalue weighted by molar-refractivity contribution is 0.324. The Bertz CT molecular complexity index is 1230. The maximum atomic E-state index is 13.1. The van der Waals surface area contributed by atoms with Gasteiger partial charge in [-0.25, -0.2) is 13.4 Å². The maximum Gasteiger partial charge on any atom is 0.203 e. The number of alkyl halides is 1. The number of benzene rings is 2. The fourth-order valence-corrected chi connectivity index (χ4v) is 7.27. The lowest BCUT2D eigenvalue weighted by Crippen LogP contribution is -2.39. The zero-order valence-electron chi connectivity index (χ0n) is 20.0. The van der Waals surface area contributed by atoms with Crippen LogP contribution in [0.3, 0.4) is 0 Å². The number of methoxy groups -OCH3 is 3. The van der Waals surface area contributed by atoms with E-state index in [1.165, 1.54) is 0 Å². The summed E-state index contributed by atoms with van der Waals surface area (Å²) in [6, 6.07) is 11.0. The van der Waals surface area contributed by atoms with Crippen LogP contribution in [0.15, 0.2) is 46.7 Å². The average Bonchev–Trinajstić information content (AvgIpc) is 3.36. The normalized spacial score (nSPS) is 14.7. The SMILES string of the molecule is COc1cc(Cc2csc(N3CCC(S(=O)(=O)c4ccc(CBr)cc4)CC3)n2)cc(OC)c1OC. The van der Waals surface area contributed by atoms with Crippen LogP contribution >= 0.6 is 27.3 Å². The molecule has 10 heteroatoms. The molecular formula is C25H29BrN2O5S2. The molecule has 7 nitrogen and oxygen atoms in total. The average molecular weight is 582 g/mol. The molecule has 0 spiro atoms. The van der Waals surface area contributed by atoms with Crippen molar-refractivity contribution in [1.82, 2.24) is 4.98 Å². The van der Waals surface area contributed by atoms with Crippen LogP contribution in [-0.2, 0) is 21.6 Å². The molecule has 0 N–H and O–H groups in total. The van der Waals surface area contributed by atoms with Gasteiger partial charge in [-0.15, -0.1) is 11.3 Å². The van der Waals surface area contributed by atoms with E-state index in [0.29, 0.717) is 59.8 Å². The van der Waals surface area contributed by atoms with Crippen molar-refractivity contribution in [2.45, 2.75) is 34.7 Å². The number of anilines is 1. The van der Waals surface area contributed by atoms with Gasteiger partial charge in [0.05, 0.1) is 37.2 Å². The van der Waals surface area contributed by atoms with E-state index in [2.05, 4.69) is 20.8 Å². The summed E-state index contributed by atoms with van der Waals surface area (Å²) in [6.45, 7) is 1.33. The maximum absolute atomic E-state index is 13.1. The van der Waals surface area contributed by atoms with Crippen LogP contribution in [-0.4, -0.2) is 53.1 Å². The summed E-state index contributed by atoms with van der Waals surface area (Å²) >= 11 is 4.99. The zero-order valence-corrected chi connectivity index (χ0v) is 23.2. The predicted octanol–water partition coefficient (Wildman–Crippen LogP) is 5.10. The van der Waals surface area contributed by atoms with Gasteiger partial charge in [0, 0.05) is 30.2 Å². The number of piperidine rings is 1. The standard InChI is InChI=1S/C25H29BrN2O5S2/c1-31-22-13-18(14-23(32-2)24(22)33-3)12-19-16-34-25(27-19)28-10-8-21(9-11-28)35(29,30)20-6-4-17(15-26)5-7-20/h4-7,13-14,16,21H,8-12,15H2,1-3H3. The largest absolute Gasteiger partial charge is 0.493 e. The Morgan fingerprint density at radius 2 is 1.63 bits per heavy atom. The summed E-state index contributed by atoms with van der Waals surface area (Å²) < 4.78 is 42.5. The summed E-state index contributed by atoms with van der Waals surface area (Å²) in [5.74, 6) is 1.79. The van der Waals surface area contributed by atoms with Crippen LogP contribution in [0.2, 0.25) is 0 Å². The highest BCUT2D eigenvalue weighted by Gasteiger charge is 2.32. The van der Waals surface area contributed by atoms with Gasteiger partial charge < -0.3 is 19.1 Å². The van der Waals surface area contributed by atoms with Gasteiger partial charge in [0.25, 0.3) is 0 Å². The molecule has 3 aromatic rings. The van der Waals surface area contributed by atoms with Crippen molar-refractivity contribution in [3.05, 3.63) is 58.6 Å². The van der Waals surface area contributed by atoms with Crippen molar-refractivity contribution < 1.29 is 22.6 Å². The second-order valence-electron chi connectivity index (χ2n) is 8.34. The number of thiazole rings is 1.